The Morgan fingerprint density at radius 3 is 2.22 bits per heavy atom. The predicted molar refractivity (Wildman–Crippen MR) is 171 cm³/mol. The summed E-state index contributed by atoms with van der Waals surface area (Å²) in [6.07, 6.45) is -4.52. The number of rotatable bonds is 12. The quantitative estimate of drug-likeness (QED) is 0.137. The first-order valence-corrected chi connectivity index (χ1v) is 15.0. The van der Waals surface area contributed by atoms with E-state index in [0.29, 0.717) is 28.9 Å². The van der Waals surface area contributed by atoms with Crippen LogP contribution in [0, 0.1) is 0 Å². The Balaban J connectivity index is 1.50. The molecule has 5 aromatic rings. The molecule has 7 nitrogen and oxygen atoms in total. The number of hydrogen-bond donors (Lipinski definition) is 0. The van der Waals surface area contributed by atoms with Crippen LogP contribution >= 0.6 is 0 Å². The summed E-state index contributed by atoms with van der Waals surface area (Å²) in [5.41, 5.74) is 3.36. The van der Waals surface area contributed by atoms with Crippen molar-refractivity contribution in [2.24, 2.45) is 0 Å². The molecule has 4 aromatic carbocycles. The van der Waals surface area contributed by atoms with Gasteiger partial charge in [-0.25, -0.2) is 4.98 Å². The topological polar surface area (TPSA) is 73.7 Å². The van der Waals surface area contributed by atoms with Crippen molar-refractivity contribution in [2.75, 3.05) is 26.4 Å². The van der Waals surface area contributed by atoms with Gasteiger partial charge in [0.1, 0.15) is 18.2 Å². The monoisotopic (exact) mass is 629 g/mol. The molecule has 0 unspecified atom stereocenters. The van der Waals surface area contributed by atoms with Gasteiger partial charge in [0.05, 0.1) is 42.3 Å². The molecule has 0 aliphatic carbocycles. The summed E-state index contributed by atoms with van der Waals surface area (Å²) in [5.74, 6) is 0.534. The Morgan fingerprint density at radius 1 is 0.891 bits per heavy atom. The van der Waals surface area contributed by atoms with E-state index in [2.05, 4.69) is 0 Å². The van der Waals surface area contributed by atoms with Crippen LogP contribution in [0.25, 0.3) is 27.7 Å². The molecule has 10 heteroatoms. The molecule has 0 spiro atoms. The van der Waals surface area contributed by atoms with Crippen LogP contribution in [-0.4, -0.2) is 52.9 Å². The van der Waals surface area contributed by atoms with Crippen LogP contribution in [0.4, 0.5) is 13.2 Å². The minimum atomic E-state index is -4.50. The first kappa shape index (κ1) is 32.4. The number of aromatic nitrogens is 2. The smallest absolute Gasteiger partial charge is 0.411 e. The maximum atomic E-state index is 13.9. The van der Waals surface area contributed by atoms with Crippen molar-refractivity contribution in [2.45, 2.75) is 32.5 Å². The van der Waals surface area contributed by atoms with E-state index in [-0.39, 0.29) is 36.9 Å². The Morgan fingerprint density at radius 2 is 1.54 bits per heavy atom. The van der Waals surface area contributed by atoms with E-state index in [1.165, 1.54) is 9.47 Å². The lowest BCUT2D eigenvalue weighted by Crippen LogP contribution is -2.40. The highest BCUT2D eigenvalue weighted by atomic mass is 19.4. The van der Waals surface area contributed by atoms with E-state index in [1.54, 1.807) is 55.5 Å². The molecule has 0 N–H and O–H groups in total. The lowest BCUT2D eigenvalue weighted by molar-refractivity contribution is -0.175. The zero-order valence-corrected chi connectivity index (χ0v) is 25.5. The van der Waals surface area contributed by atoms with Gasteiger partial charge in [0.15, 0.2) is 0 Å². The molecule has 1 aromatic heterocycles. The maximum Gasteiger partial charge on any atom is 0.411 e. The highest BCUT2D eigenvalue weighted by molar-refractivity contribution is 5.80. The number of amides is 1. The van der Waals surface area contributed by atoms with Gasteiger partial charge in [-0.15, -0.1) is 0 Å². The minimum absolute atomic E-state index is 0.0143. The molecule has 46 heavy (non-hydrogen) atoms. The second-order valence-electron chi connectivity index (χ2n) is 10.7. The van der Waals surface area contributed by atoms with Crippen LogP contribution in [0.2, 0.25) is 0 Å². The number of carbonyl (C=O) groups is 1. The number of hydrogen-bond acceptors (Lipinski definition) is 5. The first-order chi connectivity index (χ1) is 22.1. The number of carbonyl (C=O) groups excluding carboxylic acids is 1. The average Bonchev–Trinajstić information content (AvgIpc) is 3.05. The highest BCUT2D eigenvalue weighted by Crippen LogP contribution is 2.26. The molecule has 0 aliphatic heterocycles. The molecule has 1 atom stereocenters. The third-order valence-corrected chi connectivity index (χ3v) is 7.53. The zero-order valence-electron chi connectivity index (χ0n) is 25.5. The van der Waals surface area contributed by atoms with Gasteiger partial charge >= 0.3 is 6.18 Å². The summed E-state index contributed by atoms with van der Waals surface area (Å²) < 4.78 is 50.5. The molecular formula is C36H34F3N3O4. The van der Waals surface area contributed by atoms with E-state index in [9.17, 15) is 22.8 Å². The van der Waals surface area contributed by atoms with Crippen molar-refractivity contribution in [3.05, 3.63) is 125 Å². The summed E-state index contributed by atoms with van der Waals surface area (Å²) in [6, 6.07) is 30.4. The minimum Gasteiger partial charge on any atom is -0.494 e. The van der Waals surface area contributed by atoms with Crippen LogP contribution in [0.15, 0.2) is 108 Å². The van der Waals surface area contributed by atoms with Crippen LogP contribution in [0.3, 0.4) is 0 Å². The summed E-state index contributed by atoms with van der Waals surface area (Å²) in [7, 11) is 0. The third kappa shape index (κ3) is 7.81. The Hall–Kier alpha value is -4.96. The number of nitrogens with zero attached hydrogens (tertiary/aromatic N) is 3. The van der Waals surface area contributed by atoms with Crippen molar-refractivity contribution in [3.63, 3.8) is 0 Å². The molecule has 0 fully saturated rings. The predicted octanol–water partition coefficient (Wildman–Crippen LogP) is 7.16. The fraction of sp³-hybridized carbons (Fsp3) is 0.250. The van der Waals surface area contributed by atoms with Crippen molar-refractivity contribution in [1.29, 1.82) is 0 Å². The van der Waals surface area contributed by atoms with Crippen molar-refractivity contribution in [1.82, 2.24) is 14.5 Å². The second kappa shape index (κ2) is 14.4. The standard InChI is InChI=1S/C36H34F3N3O4/c1-3-46-30-19-17-29(18-20-30)42-34(40-32-12-8-7-11-31(32)35(42)44)25(2)41(21-22-45-24-36(37,38)39)33(43)23-26-13-15-28(16-14-26)27-9-5-4-6-10-27/h4-20,25H,3,21-24H2,1-2H3/t25-/m1/s1. The van der Waals surface area contributed by atoms with E-state index in [1.807, 2.05) is 61.5 Å². The molecule has 5 rings (SSSR count). The largest absolute Gasteiger partial charge is 0.494 e. The van der Waals surface area contributed by atoms with Crippen LogP contribution < -0.4 is 10.3 Å². The summed E-state index contributed by atoms with van der Waals surface area (Å²) in [4.78, 5) is 34.0. The summed E-state index contributed by atoms with van der Waals surface area (Å²) in [5, 5.41) is 0.386. The highest BCUT2D eigenvalue weighted by Gasteiger charge is 2.30. The fourth-order valence-electron chi connectivity index (χ4n) is 5.28. The van der Waals surface area contributed by atoms with E-state index >= 15 is 0 Å². The van der Waals surface area contributed by atoms with Gasteiger partial charge in [0.25, 0.3) is 5.56 Å². The van der Waals surface area contributed by atoms with Gasteiger partial charge in [-0.1, -0.05) is 66.7 Å². The summed E-state index contributed by atoms with van der Waals surface area (Å²) in [6.45, 7) is 2.11. The number of fused-ring (bicyclic) bond motifs is 1. The number of alkyl halides is 3. The molecule has 1 heterocycles. The normalized spacial score (nSPS) is 12.2. The third-order valence-electron chi connectivity index (χ3n) is 7.53. The molecular weight excluding hydrogens is 595 g/mol. The average molecular weight is 630 g/mol. The van der Waals surface area contributed by atoms with Crippen LogP contribution in [0.1, 0.15) is 31.3 Å². The zero-order chi connectivity index (χ0) is 32.7. The van der Waals surface area contributed by atoms with Gasteiger partial charge in [0, 0.05) is 6.54 Å². The molecule has 1 amide bonds. The molecule has 238 valence electrons. The van der Waals surface area contributed by atoms with E-state index in [0.717, 1.165) is 16.7 Å². The van der Waals surface area contributed by atoms with Gasteiger partial charge < -0.3 is 14.4 Å². The van der Waals surface area contributed by atoms with Crippen molar-refractivity contribution in [3.8, 4) is 22.6 Å². The van der Waals surface area contributed by atoms with E-state index in [4.69, 9.17) is 14.5 Å². The van der Waals surface area contributed by atoms with Gasteiger partial charge in [-0.3, -0.25) is 14.2 Å². The fourth-order valence-corrected chi connectivity index (χ4v) is 5.28. The molecule has 0 saturated carbocycles. The van der Waals surface area contributed by atoms with Crippen molar-refractivity contribution >= 4 is 16.8 Å². The number of ether oxygens (including phenoxy) is 2. The van der Waals surface area contributed by atoms with Crippen LogP contribution in [0.5, 0.6) is 5.75 Å². The van der Waals surface area contributed by atoms with Gasteiger partial charge in [-0.2, -0.15) is 13.2 Å². The molecule has 0 saturated heterocycles. The number of para-hydroxylation sites is 1. The van der Waals surface area contributed by atoms with Gasteiger partial charge in [0.2, 0.25) is 5.91 Å². The Bertz CT molecular complexity index is 1820. The Labute approximate surface area is 264 Å². The lowest BCUT2D eigenvalue weighted by atomic mass is 10.0. The summed E-state index contributed by atoms with van der Waals surface area (Å²) >= 11 is 0. The maximum absolute atomic E-state index is 13.9. The Kier molecular flexibility index (Phi) is 10.2. The molecule has 0 aliphatic rings. The SMILES string of the molecule is CCOc1ccc(-n2c([C@@H](C)N(CCOCC(F)(F)F)C(=O)Cc3ccc(-c4ccccc4)cc3)nc3ccccc3c2=O)cc1. The van der Waals surface area contributed by atoms with Crippen molar-refractivity contribution < 1.29 is 27.4 Å². The first-order valence-electron chi connectivity index (χ1n) is 15.0. The number of halogens is 3. The van der Waals surface area contributed by atoms with Gasteiger partial charge in [-0.05, 0) is 66.9 Å². The molecule has 0 bridgehead atoms. The second-order valence-corrected chi connectivity index (χ2v) is 10.7. The van der Waals surface area contributed by atoms with E-state index < -0.39 is 18.8 Å². The molecule has 0 radical (unpaired) electrons. The number of benzene rings is 4. The van der Waals surface area contributed by atoms with Crippen LogP contribution in [-0.2, 0) is 16.0 Å². The lowest BCUT2D eigenvalue weighted by Gasteiger charge is -2.31.